The molecule has 0 aliphatic heterocycles. The van der Waals surface area contributed by atoms with Crippen LogP contribution in [0.5, 0.6) is 0 Å². The topological polar surface area (TPSA) is 0 Å². The molecule has 0 spiro atoms. The quantitative estimate of drug-likeness (QED) is 0.300. The van der Waals surface area contributed by atoms with Crippen molar-refractivity contribution in [2.75, 3.05) is 0 Å². The van der Waals surface area contributed by atoms with Gasteiger partial charge < -0.3 is 0 Å². The van der Waals surface area contributed by atoms with Crippen LogP contribution in [0.25, 0.3) is 43.4 Å². The standard InChI is InChI=1S/C26H26/c1-5-15-9-11-19-13-17(7-3)21-18(8-4)14-20-12-10-16(6-2)23-22(15)24(19)26(21)25(20)23/h9-14H,5-8H2,1-4H3. The Kier molecular flexibility index (Phi) is 3.41. The van der Waals surface area contributed by atoms with Gasteiger partial charge >= 0.3 is 0 Å². The van der Waals surface area contributed by atoms with E-state index in [0.717, 1.165) is 25.7 Å². The zero-order valence-corrected chi connectivity index (χ0v) is 16.3. The Morgan fingerprint density at radius 2 is 0.885 bits per heavy atom. The number of fused-ring (bicyclic) bond motifs is 1. The average Bonchev–Trinajstić information content (AvgIpc) is 3.05. The summed E-state index contributed by atoms with van der Waals surface area (Å²) in [5, 5.41) is 8.98. The summed E-state index contributed by atoms with van der Waals surface area (Å²) in [6, 6.07) is 14.4. The zero-order valence-electron chi connectivity index (χ0n) is 16.3. The summed E-state index contributed by atoms with van der Waals surface area (Å²) in [5.41, 5.74) is 9.08. The van der Waals surface area contributed by atoms with Gasteiger partial charge in [0.15, 0.2) is 0 Å². The van der Waals surface area contributed by atoms with Crippen molar-refractivity contribution in [1.82, 2.24) is 0 Å². The van der Waals surface area contributed by atoms with E-state index < -0.39 is 0 Å². The van der Waals surface area contributed by atoms with Gasteiger partial charge in [-0.15, -0.1) is 0 Å². The molecule has 0 saturated carbocycles. The first-order chi connectivity index (χ1) is 12.7. The van der Waals surface area contributed by atoms with Gasteiger partial charge in [-0.3, -0.25) is 0 Å². The summed E-state index contributed by atoms with van der Waals surface area (Å²) in [4.78, 5) is 0. The van der Waals surface area contributed by atoms with E-state index in [1.165, 1.54) is 60.3 Å². The molecule has 0 N–H and O–H groups in total. The third-order valence-corrected chi connectivity index (χ3v) is 6.47. The number of aryl methyl sites for hydroxylation is 4. The molecular formula is C26H26. The van der Waals surface area contributed by atoms with Gasteiger partial charge in [0.2, 0.25) is 0 Å². The summed E-state index contributed by atoms with van der Waals surface area (Å²) in [6.07, 6.45) is 4.38. The van der Waals surface area contributed by atoms with Gasteiger partial charge in [-0.1, -0.05) is 64.1 Å². The van der Waals surface area contributed by atoms with Crippen molar-refractivity contribution in [3.63, 3.8) is 0 Å². The third-order valence-electron chi connectivity index (χ3n) is 6.47. The van der Waals surface area contributed by atoms with Gasteiger partial charge in [-0.2, -0.15) is 0 Å². The first-order valence-corrected chi connectivity index (χ1v) is 10.2. The van der Waals surface area contributed by atoms with Crippen LogP contribution < -0.4 is 0 Å². The number of benzene rings is 4. The van der Waals surface area contributed by atoms with E-state index in [0.29, 0.717) is 0 Å². The molecule has 4 aromatic rings. The summed E-state index contributed by atoms with van der Waals surface area (Å²) in [5.74, 6) is 0. The molecule has 0 aromatic heterocycles. The van der Waals surface area contributed by atoms with E-state index in [2.05, 4.69) is 64.1 Å². The second-order valence-electron chi connectivity index (χ2n) is 7.63. The first kappa shape index (κ1) is 15.9. The summed E-state index contributed by atoms with van der Waals surface area (Å²) < 4.78 is 0. The lowest BCUT2D eigenvalue weighted by molar-refractivity contribution is 1.13. The Balaban J connectivity index is 2.18. The lowest BCUT2D eigenvalue weighted by Crippen LogP contribution is -1.92. The molecule has 0 fully saturated rings. The predicted octanol–water partition coefficient (Wildman–Crippen LogP) is 7.38. The molecule has 0 nitrogen and oxygen atoms in total. The fourth-order valence-electron chi connectivity index (χ4n) is 5.24. The predicted molar refractivity (Wildman–Crippen MR) is 115 cm³/mol. The van der Waals surface area contributed by atoms with Gasteiger partial charge in [0.05, 0.1) is 0 Å². The SMILES string of the molecule is CCc1ccc2cc(CC)c3c(CC)cc4ccc(CC)c5c4c3c2c1-5. The Bertz CT molecular complexity index is 1120. The fraction of sp³-hybridized carbons (Fsp3) is 0.308. The van der Waals surface area contributed by atoms with Crippen LogP contribution in [0.1, 0.15) is 49.9 Å². The highest BCUT2D eigenvalue weighted by Gasteiger charge is 2.26. The Morgan fingerprint density at radius 1 is 0.462 bits per heavy atom. The van der Waals surface area contributed by atoms with Crippen LogP contribution in [0.3, 0.4) is 0 Å². The summed E-state index contributed by atoms with van der Waals surface area (Å²) in [6.45, 7) is 9.18. The minimum atomic E-state index is 1.09. The van der Waals surface area contributed by atoms with Crippen LogP contribution >= 0.6 is 0 Å². The number of hydrogen-bond donors (Lipinski definition) is 0. The molecule has 1 aliphatic rings. The van der Waals surface area contributed by atoms with E-state index >= 15 is 0 Å². The zero-order chi connectivity index (χ0) is 18.0. The van der Waals surface area contributed by atoms with E-state index in [4.69, 9.17) is 0 Å². The van der Waals surface area contributed by atoms with Gasteiger partial charge in [0, 0.05) is 0 Å². The first-order valence-electron chi connectivity index (χ1n) is 10.2. The Labute approximate surface area is 155 Å². The molecule has 0 atom stereocenters. The molecule has 5 rings (SSSR count). The summed E-state index contributed by atoms with van der Waals surface area (Å²) in [7, 11) is 0. The van der Waals surface area contributed by atoms with Crippen LogP contribution in [0.4, 0.5) is 0 Å². The van der Waals surface area contributed by atoms with Gasteiger partial charge in [0.25, 0.3) is 0 Å². The van der Waals surface area contributed by atoms with Crippen molar-refractivity contribution in [3.05, 3.63) is 58.7 Å². The molecule has 0 saturated heterocycles. The van der Waals surface area contributed by atoms with Crippen molar-refractivity contribution < 1.29 is 0 Å². The van der Waals surface area contributed by atoms with E-state index in [-0.39, 0.29) is 0 Å². The second kappa shape index (κ2) is 5.58. The fourth-order valence-corrected chi connectivity index (χ4v) is 5.24. The highest BCUT2D eigenvalue weighted by Crippen LogP contribution is 2.52. The Morgan fingerprint density at radius 3 is 1.27 bits per heavy atom. The van der Waals surface area contributed by atoms with Crippen molar-refractivity contribution in [2.45, 2.75) is 53.4 Å². The van der Waals surface area contributed by atoms with Crippen molar-refractivity contribution in [1.29, 1.82) is 0 Å². The van der Waals surface area contributed by atoms with Crippen molar-refractivity contribution in [3.8, 4) is 11.1 Å². The minimum absolute atomic E-state index is 1.09. The highest BCUT2D eigenvalue weighted by molar-refractivity contribution is 6.34. The molecule has 0 heterocycles. The maximum absolute atomic E-state index is 2.46. The van der Waals surface area contributed by atoms with Crippen molar-refractivity contribution >= 4 is 32.3 Å². The molecule has 26 heavy (non-hydrogen) atoms. The van der Waals surface area contributed by atoms with Gasteiger partial charge in [-0.05, 0) is 91.4 Å². The average molecular weight is 338 g/mol. The van der Waals surface area contributed by atoms with Crippen LogP contribution in [-0.2, 0) is 25.7 Å². The van der Waals surface area contributed by atoms with E-state index in [9.17, 15) is 0 Å². The lowest BCUT2D eigenvalue weighted by Gasteiger charge is -2.14. The van der Waals surface area contributed by atoms with E-state index in [1.807, 2.05) is 0 Å². The Hall–Kier alpha value is -2.34. The maximum atomic E-state index is 2.46. The molecular weight excluding hydrogens is 312 g/mol. The normalized spacial score (nSPS) is 12.5. The molecule has 0 unspecified atom stereocenters. The van der Waals surface area contributed by atoms with E-state index in [1.54, 1.807) is 5.39 Å². The minimum Gasteiger partial charge on any atom is -0.0613 e. The molecule has 0 amide bonds. The van der Waals surface area contributed by atoms with Crippen LogP contribution in [0.2, 0.25) is 0 Å². The molecule has 0 heteroatoms. The maximum Gasteiger partial charge on any atom is -0.000857 e. The smallest absolute Gasteiger partial charge is 0.000857 e. The monoisotopic (exact) mass is 338 g/mol. The van der Waals surface area contributed by atoms with Crippen LogP contribution in [-0.4, -0.2) is 0 Å². The molecule has 130 valence electrons. The van der Waals surface area contributed by atoms with Gasteiger partial charge in [0.1, 0.15) is 0 Å². The largest absolute Gasteiger partial charge is 0.0613 e. The molecule has 1 aliphatic carbocycles. The number of hydrogen-bond acceptors (Lipinski definition) is 0. The molecule has 4 aromatic carbocycles. The van der Waals surface area contributed by atoms with Crippen molar-refractivity contribution in [2.24, 2.45) is 0 Å². The second-order valence-corrected chi connectivity index (χ2v) is 7.63. The molecule has 0 bridgehead atoms. The summed E-state index contributed by atoms with van der Waals surface area (Å²) >= 11 is 0. The highest BCUT2D eigenvalue weighted by atomic mass is 14.3. The molecule has 0 radical (unpaired) electrons. The number of rotatable bonds is 4. The third kappa shape index (κ3) is 1.80. The van der Waals surface area contributed by atoms with Crippen LogP contribution in [0, 0.1) is 0 Å². The lowest BCUT2D eigenvalue weighted by atomic mass is 9.90. The van der Waals surface area contributed by atoms with Gasteiger partial charge in [-0.25, -0.2) is 0 Å². The van der Waals surface area contributed by atoms with Crippen LogP contribution in [0.15, 0.2) is 36.4 Å².